The Morgan fingerprint density at radius 2 is 1.93 bits per heavy atom. The summed E-state index contributed by atoms with van der Waals surface area (Å²) in [6, 6.07) is 4.35. The molecule has 0 N–H and O–H groups in total. The number of methoxy groups -OCH3 is 1. The molecule has 2 fully saturated rings. The number of morpholine rings is 1. The molecule has 7 heteroatoms. The van der Waals surface area contributed by atoms with Gasteiger partial charge >= 0.3 is 5.97 Å². The number of nitrogens with zero attached hydrogens (tertiary/aromatic N) is 2. The smallest absolute Gasteiger partial charge is 0.305 e. The molecule has 2 heterocycles. The molecule has 0 amide bonds. The van der Waals surface area contributed by atoms with Crippen LogP contribution < -0.4 is 0 Å². The third kappa shape index (κ3) is 5.24. The van der Waals surface area contributed by atoms with Crippen LogP contribution in [0.2, 0.25) is 0 Å². The van der Waals surface area contributed by atoms with Crippen molar-refractivity contribution in [2.45, 2.75) is 31.8 Å². The van der Waals surface area contributed by atoms with E-state index in [4.69, 9.17) is 9.47 Å². The van der Waals surface area contributed by atoms with Crippen LogP contribution in [0, 0.1) is 17.6 Å². The number of piperidine rings is 1. The van der Waals surface area contributed by atoms with Gasteiger partial charge in [0.25, 0.3) is 0 Å². The molecule has 3 rings (SSSR count). The molecule has 0 bridgehead atoms. The molecule has 0 aliphatic carbocycles. The first-order chi connectivity index (χ1) is 13.1. The van der Waals surface area contributed by atoms with Crippen molar-refractivity contribution in [1.29, 1.82) is 0 Å². The van der Waals surface area contributed by atoms with Crippen molar-refractivity contribution >= 4 is 5.97 Å². The zero-order valence-electron chi connectivity index (χ0n) is 15.8. The number of esters is 1. The van der Waals surface area contributed by atoms with Crippen molar-refractivity contribution in [3.63, 3.8) is 0 Å². The Labute approximate surface area is 159 Å². The molecule has 1 aromatic rings. The summed E-state index contributed by atoms with van der Waals surface area (Å²) in [7, 11) is 1.40. The first-order valence-electron chi connectivity index (χ1n) is 9.62. The van der Waals surface area contributed by atoms with E-state index in [-0.39, 0.29) is 24.0 Å². The van der Waals surface area contributed by atoms with Gasteiger partial charge in [0.1, 0.15) is 11.6 Å². The van der Waals surface area contributed by atoms with E-state index in [1.165, 1.54) is 25.3 Å². The van der Waals surface area contributed by atoms with Gasteiger partial charge in [0.2, 0.25) is 0 Å². The van der Waals surface area contributed by atoms with E-state index in [1.54, 1.807) is 0 Å². The van der Waals surface area contributed by atoms with Crippen LogP contribution in [0.25, 0.3) is 0 Å². The molecule has 5 nitrogen and oxygen atoms in total. The summed E-state index contributed by atoms with van der Waals surface area (Å²) >= 11 is 0. The summed E-state index contributed by atoms with van der Waals surface area (Å²) in [4.78, 5) is 16.2. The number of likely N-dealkylation sites (tertiary alicyclic amines) is 1. The summed E-state index contributed by atoms with van der Waals surface area (Å²) < 4.78 is 38.3. The third-order valence-corrected chi connectivity index (χ3v) is 5.68. The van der Waals surface area contributed by atoms with E-state index in [2.05, 4.69) is 9.80 Å². The Morgan fingerprint density at radius 3 is 2.59 bits per heavy atom. The molecule has 2 aliphatic heterocycles. The van der Waals surface area contributed by atoms with Crippen LogP contribution >= 0.6 is 0 Å². The van der Waals surface area contributed by atoms with Gasteiger partial charge in [0.15, 0.2) is 0 Å². The second-order valence-corrected chi connectivity index (χ2v) is 7.31. The first-order valence-corrected chi connectivity index (χ1v) is 9.62. The molecule has 2 aliphatic rings. The first kappa shape index (κ1) is 20.2. The van der Waals surface area contributed by atoms with Crippen molar-refractivity contribution in [1.82, 2.24) is 9.80 Å². The van der Waals surface area contributed by atoms with Crippen LogP contribution in [-0.4, -0.2) is 68.3 Å². The molecular weight excluding hydrogens is 354 g/mol. The number of hydrogen-bond donors (Lipinski definition) is 0. The molecule has 1 aromatic carbocycles. The summed E-state index contributed by atoms with van der Waals surface area (Å²) in [5.74, 6) is -0.966. The van der Waals surface area contributed by atoms with E-state index in [1.807, 2.05) is 0 Å². The fourth-order valence-corrected chi connectivity index (χ4v) is 4.22. The maximum atomic E-state index is 14.0. The van der Waals surface area contributed by atoms with Gasteiger partial charge in [-0.3, -0.25) is 14.6 Å². The average Bonchev–Trinajstić information content (AvgIpc) is 2.69. The number of ether oxygens (including phenoxy) is 2. The zero-order chi connectivity index (χ0) is 19.2. The zero-order valence-corrected chi connectivity index (χ0v) is 15.8. The highest BCUT2D eigenvalue weighted by Gasteiger charge is 2.34. The van der Waals surface area contributed by atoms with E-state index < -0.39 is 11.6 Å². The van der Waals surface area contributed by atoms with Crippen LogP contribution in [-0.2, 0) is 20.8 Å². The minimum Gasteiger partial charge on any atom is -0.469 e. The number of benzene rings is 1. The highest BCUT2D eigenvalue weighted by molar-refractivity contribution is 5.69. The summed E-state index contributed by atoms with van der Waals surface area (Å²) in [6.07, 6.45) is 2.00. The van der Waals surface area contributed by atoms with Crippen molar-refractivity contribution in [2.24, 2.45) is 5.92 Å². The van der Waals surface area contributed by atoms with Gasteiger partial charge in [-0.25, -0.2) is 8.78 Å². The second-order valence-electron chi connectivity index (χ2n) is 7.31. The SMILES string of the molecule is COC(=O)CC[C@@H]1CN(Cc2c(F)cccc2F)CC[C@@H]1N1CCOCC1. The standard InChI is InChI=1S/C20H28F2N2O3/c1-26-20(25)6-5-15-13-23(14-16-17(21)3-2-4-18(16)22)8-7-19(15)24-9-11-27-12-10-24/h2-4,15,19H,5-14H2,1H3/t15-,19+/m1/s1. The number of hydrogen-bond acceptors (Lipinski definition) is 5. The monoisotopic (exact) mass is 382 g/mol. The van der Waals surface area contributed by atoms with Crippen LogP contribution in [0.4, 0.5) is 8.78 Å². The molecule has 0 spiro atoms. The van der Waals surface area contributed by atoms with Crippen LogP contribution in [0.1, 0.15) is 24.8 Å². The number of rotatable bonds is 6. The highest BCUT2D eigenvalue weighted by Crippen LogP contribution is 2.28. The number of carbonyl (C=O) groups is 1. The molecular formula is C20H28F2N2O3. The summed E-state index contributed by atoms with van der Waals surface area (Å²) in [5.41, 5.74) is 0.119. The molecule has 0 aromatic heterocycles. The molecule has 0 radical (unpaired) electrons. The fraction of sp³-hybridized carbons (Fsp3) is 0.650. The van der Waals surface area contributed by atoms with E-state index in [0.29, 0.717) is 25.4 Å². The van der Waals surface area contributed by atoms with Gasteiger partial charge in [-0.2, -0.15) is 0 Å². The maximum absolute atomic E-state index is 14.0. The lowest BCUT2D eigenvalue weighted by atomic mass is 9.86. The van der Waals surface area contributed by atoms with Gasteiger partial charge in [-0.05, 0) is 30.9 Å². The van der Waals surface area contributed by atoms with Gasteiger partial charge in [0.05, 0.1) is 20.3 Å². The lowest BCUT2D eigenvalue weighted by Gasteiger charge is -2.45. The molecule has 2 saturated heterocycles. The van der Waals surface area contributed by atoms with Gasteiger partial charge in [0, 0.05) is 50.7 Å². The van der Waals surface area contributed by atoms with Gasteiger partial charge < -0.3 is 9.47 Å². The Morgan fingerprint density at radius 1 is 1.22 bits per heavy atom. The lowest BCUT2D eigenvalue weighted by Crippen LogP contribution is -2.54. The fourth-order valence-electron chi connectivity index (χ4n) is 4.22. The van der Waals surface area contributed by atoms with Crippen LogP contribution in [0.15, 0.2) is 18.2 Å². The topological polar surface area (TPSA) is 42.0 Å². The number of carbonyl (C=O) groups excluding carboxylic acids is 1. The highest BCUT2D eigenvalue weighted by atomic mass is 19.1. The predicted octanol–water partition coefficient (Wildman–Crippen LogP) is 2.44. The van der Waals surface area contributed by atoms with Gasteiger partial charge in [-0.15, -0.1) is 0 Å². The van der Waals surface area contributed by atoms with Crippen LogP contribution in [0.3, 0.4) is 0 Å². The van der Waals surface area contributed by atoms with Crippen molar-refractivity contribution in [2.75, 3.05) is 46.5 Å². The van der Waals surface area contributed by atoms with E-state index in [9.17, 15) is 13.6 Å². The average molecular weight is 382 g/mol. The molecule has 150 valence electrons. The molecule has 0 unspecified atom stereocenters. The Kier molecular flexibility index (Phi) is 7.15. The molecule has 27 heavy (non-hydrogen) atoms. The van der Waals surface area contributed by atoms with Gasteiger partial charge in [-0.1, -0.05) is 6.07 Å². The second kappa shape index (κ2) is 9.57. The largest absolute Gasteiger partial charge is 0.469 e. The minimum absolute atomic E-state index is 0.119. The summed E-state index contributed by atoms with van der Waals surface area (Å²) in [6.45, 7) is 4.98. The van der Waals surface area contributed by atoms with Crippen molar-refractivity contribution < 1.29 is 23.0 Å². The Bertz CT molecular complexity index is 617. The quantitative estimate of drug-likeness (QED) is 0.707. The Hall–Kier alpha value is -1.57. The van der Waals surface area contributed by atoms with E-state index >= 15 is 0 Å². The Balaban J connectivity index is 1.68. The summed E-state index contributed by atoms with van der Waals surface area (Å²) in [5, 5.41) is 0. The van der Waals surface area contributed by atoms with Crippen molar-refractivity contribution in [3.05, 3.63) is 35.4 Å². The third-order valence-electron chi connectivity index (χ3n) is 5.68. The molecule has 0 saturated carbocycles. The minimum atomic E-state index is -0.503. The maximum Gasteiger partial charge on any atom is 0.305 e. The molecule has 2 atom stereocenters. The predicted molar refractivity (Wildman–Crippen MR) is 97.2 cm³/mol. The number of halogens is 2. The van der Waals surface area contributed by atoms with Crippen molar-refractivity contribution in [3.8, 4) is 0 Å². The van der Waals surface area contributed by atoms with Crippen LogP contribution in [0.5, 0.6) is 0 Å². The normalized spacial score (nSPS) is 24.7. The van der Waals surface area contributed by atoms with E-state index in [0.717, 1.165) is 39.3 Å². The lowest BCUT2D eigenvalue weighted by molar-refractivity contribution is -0.141.